The highest BCUT2D eigenvalue weighted by Crippen LogP contribution is 2.30. The Morgan fingerprint density at radius 1 is 1.29 bits per heavy atom. The van der Waals surface area contributed by atoms with E-state index in [1.54, 1.807) is 12.3 Å². The fourth-order valence-corrected chi connectivity index (χ4v) is 1.85. The minimum absolute atomic E-state index is 0.458. The zero-order valence-electron chi connectivity index (χ0n) is 7.51. The van der Waals surface area contributed by atoms with Gasteiger partial charge in [-0.2, -0.15) is 0 Å². The number of halogens is 2. The lowest BCUT2D eigenvalue weighted by Gasteiger charge is -2.06. The predicted octanol–water partition coefficient (Wildman–Crippen LogP) is 3.43. The molecular formula is C10H8Cl2N2. The molecule has 0 saturated heterocycles. The van der Waals surface area contributed by atoms with E-state index in [2.05, 4.69) is 4.98 Å². The van der Waals surface area contributed by atoms with Crippen LogP contribution in [0.5, 0.6) is 0 Å². The van der Waals surface area contributed by atoms with Crippen LogP contribution in [0.25, 0.3) is 10.9 Å². The van der Waals surface area contributed by atoms with Crippen molar-refractivity contribution in [2.24, 2.45) is 0 Å². The number of anilines is 1. The quantitative estimate of drug-likeness (QED) is 0.748. The van der Waals surface area contributed by atoms with Crippen LogP contribution in [0.4, 0.5) is 5.69 Å². The van der Waals surface area contributed by atoms with Gasteiger partial charge in [0.2, 0.25) is 0 Å². The topological polar surface area (TPSA) is 38.9 Å². The summed E-state index contributed by atoms with van der Waals surface area (Å²) in [5.41, 5.74) is 8.20. The maximum absolute atomic E-state index is 5.92. The zero-order valence-corrected chi connectivity index (χ0v) is 9.02. The Morgan fingerprint density at radius 3 is 2.71 bits per heavy atom. The van der Waals surface area contributed by atoms with Gasteiger partial charge in [-0.25, -0.2) is 0 Å². The lowest BCUT2D eigenvalue weighted by Crippen LogP contribution is -1.92. The van der Waals surface area contributed by atoms with Gasteiger partial charge < -0.3 is 5.73 Å². The van der Waals surface area contributed by atoms with Crippen molar-refractivity contribution in [3.63, 3.8) is 0 Å². The number of nitrogens with zero attached hydrogens (tertiary/aromatic N) is 1. The van der Waals surface area contributed by atoms with Crippen LogP contribution in [0.15, 0.2) is 18.3 Å². The fourth-order valence-electron chi connectivity index (χ4n) is 1.43. The average Bonchev–Trinajstić information content (AvgIpc) is 2.12. The van der Waals surface area contributed by atoms with Crippen LogP contribution in [0, 0.1) is 6.92 Å². The first-order valence-corrected chi connectivity index (χ1v) is 4.85. The molecule has 2 nitrogen and oxygen atoms in total. The summed E-state index contributed by atoms with van der Waals surface area (Å²) in [6.45, 7) is 1.94. The van der Waals surface area contributed by atoms with Crippen LogP contribution in [0.3, 0.4) is 0 Å². The van der Waals surface area contributed by atoms with Crippen LogP contribution >= 0.6 is 23.2 Å². The number of aromatic nitrogens is 1. The third-order valence-corrected chi connectivity index (χ3v) is 2.64. The van der Waals surface area contributed by atoms with Gasteiger partial charge in [-0.3, -0.25) is 4.98 Å². The molecule has 0 aliphatic rings. The van der Waals surface area contributed by atoms with E-state index in [1.807, 2.05) is 13.0 Å². The summed E-state index contributed by atoms with van der Waals surface area (Å²) < 4.78 is 0. The SMILES string of the molecule is Cc1cc(Cl)cc2c(N)c(Cl)cnc12. The molecule has 0 unspecified atom stereocenters. The molecule has 0 atom stereocenters. The van der Waals surface area contributed by atoms with Crippen molar-refractivity contribution in [2.75, 3.05) is 5.73 Å². The summed E-state index contributed by atoms with van der Waals surface area (Å²) in [5, 5.41) is 1.91. The maximum atomic E-state index is 5.92. The molecule has 2 rings (SSSR count). The Labute approximate surface area is 91.6 Å². The summed E-state index contributed by atoms with van der Waals surface area (Å²) in [7, 11) is 0. The van der Waals surface area contributed by atoms with E-state index in [4.69, 9.17) is 28.9 Å². The van der Waals surface area contributed by atoms with Gasteiger partial charge in [-0.15, -0.1) is 0 Å². The number of aryl methyl sites for hydroxylation is 1. The molecule has 1 aromatic carbocycles. The van der Waals surface area contributed by atoms with Crippen LogP contribution < -0.4 is 5.73 Å². The molecule has 4 heteroatoms. The third kappa shape index (κ3) is 1.41. The average molecular weight is 227 g/mol. The van der Waals surface area contributed by atoms with Crippen molar-refractivity contribution in [3.8, 4) is 0 Å². The second-order valence-corrected chi connectivity index (χ2v) is 3.98. The Balaban J connectivity index is 2.95. The molecule has 2 aromatic rings. The summed E-state index contributed by atoms with van der Waals surface area (Å²) >= 11 is 11.8. The van der Waals surface area contributed by atoms with Crippen molar-refractivity contribution in [1.29, 1.82) is 0 Å². The molecule has 0 aliphatic carbocycles. The highest BCUT2D eigenvalue weighted by molar-refractivity contribution is 6.35. The summed E-state index contributed by atoms with van der Waals surface area (Å²) in [4.78, 5) is 4.21. The normalized spacial score (nSPS) is 10.8. The summed E-state index contributed by atoms with van der Waals surface area (Å²) in [6.07, 6.45) is 1.56. The van der Waals surface area contributed by atoms with Crippen LogP contribution in [-0.4, -0.2) is 4.98 Å². The highest BCUT2D eigenvalue weighted by Gasteiger charge is 2.06. The van der Waals surface area contributed by atoms with E-state index in [0.717, 1.165) is 16.5 Å². The number of rotatable bonds is 0. The monoisotopic (exact) mass is 226 g/mol. The van der Waals surface area contributed by atoms with Gasteiger partial charge in [-0.1, -0.05) is 23.2 Å². The Bertz CT molecular complexity index is 509. The van der Waals surface area contributed by atoms with E-state index >= 15 is 0 Å². The number of pyridine rings is 1. The van der Waals surface area contributed by atoms with E-state index in [1.165, 1.54) is 0 Å². The standard InChI is InChI=1S/C10H8Cl2N2/c1-5-2-6(11)3-7-9(13)8(12)4-14-10(5)7/h2-4H,1H3,(H2,13,14). The van der Waals surface area contributed by atoms with Crippen molar-refractivity contribution < 1.29 is 0 Å². The molecular weight excluding hydrogens is 219 g/mol. The Kier molecular flexibility index (Phi) is 2.25. The molecule has 0 fully saturated rings. The number of hydrogen-bond donors (Lipinski definition) is 1. The molecule has 72 valence electrons. The van der Waals surface area contributed by atoms with Gasteiger partial charge in [0.15, 0.2) is 0 Å². The van der Waals surface area contributed by atoms with Crippen molar-refractivity contribution in [2.45, 2.75) is 6.92 Å². The highest BCUT2D eigenvalue weighted by atomic mass is 35.5. The first kappa shape index (κ1) is 9.56. The molecule has 0 saturated carbocycles. The molecule has 0 amide bonds. The Hall–Kier alpha value is -0.990. The smallest absolute Gasteiger partial charge is 0.0825 e. The zero-order chi connectivity index (χ0) is 10.3. The molecule has 0 aliphatic heterocycles. The molecule has 1 heterocycles. The third-order valence-electron chi connectivity index (χ3n) is 2.12. The van der Waals surface area contributed by atoms with Crippen molar-refractivity contribution in [1.82, 2.24) is 4.98 Å². The van der Waals surface area contributed by atoms with E-state index in [-0.39, 0.29) is 0 Å². The van der Waals surface area contributed by atoms with E-state index in [9.17, 15) is 0 Å². The first-order chi connectivity index (χ1) is 6.59. The molecule has 0 spiro atoms. The molecule has 0 bridgehead atoms. The second-order valence-electron chi connectivity index (χ2n) is 3.14. The summed E-state index contributed by atoms with van der Waals surface area (Å²) in [5.74, 6) is 0. The molecule has 1 aromatic heterocycles. The van der Waals surface area contributed by atoms with Gasteiger partial charge in [0, 0.05) is 16.6 Å². The summed E-state index contributed by atoms with van der Waals surface area (Å²) in [6, 6.07) is 3.63. The van der Waals surface area contributed by atoms with Gasteiger partial charge in [-0.05, 0) is 24.6 Å². The maximum Gasteiger partial charge on any atom is 0.0825 e. The number of fused-ring (bicyclic) bond motifs is 1. The number of nitrogens with two attached hydrogens (primary N) is 1. The number of benzene rings is 1. The molecule has 0 radical (unpaired) electrons. The lowest BCUT2D eigenvalue weighted by molar-refractivity contribution is 1.37. The first-order valence-electron chi connectivity index (χ1n) is 4.09. The predicted molar refractivity (Wildman–Crippen MR) is 60.9 cm³/mol. The Morgan fingerprint density at radius 2 is 2.00 bits per heavy atom. The molecule has 2 N–H and O–H groups in total. The van der Waals surface area contributed by atoms with Gasteiger partial charge >= 0.3 is 0 Å². The van der Waals surface area contributed by atoms with E-state index < -0.39 is 0 Å². The van der Waals surface area contributed by atoms with Crippen LogP contribution in [0.2, 0.25) is 10.0 Å². The largest absolute Gasteiger partial charge is 0.397 e. The van der Waals surface area contributed by atoms with Gasteiger partial charge in [0.05, 0.1) is 16.2 Å². The van der Waals surface area contributed by atoms with Gasteiger partial charge in [0.25, 0.3) is 0 Å². The second kappa shape index (κ2) is 3.30. The van der Waals surface area contributed by atoms with Gasteiger partial charge in [0.1, 0.15) is 0 Å². The van der Waals surface area contributed by atoms with Crippen molar-refractivity contribution in [3.05, 3.63) is 33.9 Å². The van der Waals surface area contributed by atoms with Crippen LogP contribution in [0.1, 0.15) is 5.56 Å². The lowest BCUT2D eigenvalue weighted by atomic mass is 10.1. The number of nitrogen functional groups attached to an aromatic ring is 1. The fraction of sp³-hybridized carbons (Fsp3) is 0.100. The van der Waals surface area contributed by atoms with Crippen molar-refractivity contribution >= 4 is 39.8 Å². The minimum atomic E-state index is 0.458. The van der Waals surface area contributed by atoms with Crippen LogP contribution in [-0.2, 0) is 0 Å². The minimum Gasteiger partial charge on any atom is -0.397 e. The molecule has 14 heavy (non-hydrogen) atoms. The van der Waals surface area contributed by atoms with E-state index in [0.29, 0.717) is 15.7 Å². The number of hydrogen-bond acceptors (Lipinski definition) is 2.